The summed E-state index contributed by atoms with van der Waals surface area (Å²) in [4.78, 5) is 2.34. The topological polar surface area (TPSA) is 15.8 Å². The average molecular weight is 325 g/mol. The van der Waals surface area contributed by atoms with Crippen molar-refractivity contribution in [2.24, 2.45) is 0 Å². The molecule has 6 heteroatoms. The Bertz CT molecular complexity index is 531. The summed E-state index contributed by atoms with van der Waals surface area (Å²) in [5, 5.41) is 0.537. The van der Waals surface area contributed by atoms with Crippen LogP contribution in [0.15, 0.2) is 34.8 Å². The van der Waals surface area contributed by atoms with Gasteiger partial charge in [0.25, 0.3) is 0 Å². The highest BCUT2D eigenvalue weighted by Crippen LogP contribution is 2.37. The molecule has 0 spiro atoms. The van der Waals surface area contributed by atoms with E-state index in [0.29, 0.717) is 16.3 Å². The summed E-state index contributed by atoms with van der Waals surface area (Å²) in [5.74, 6) is 0. The summed E-state index contributed by atoms with van der Waals surface area (Å²) < 4.78 is 37.7. The van der Waals surface area contributed by atoms with E-state index in [4.69, 9.17) is 11.6 Å². The van der Waals surface area contributed by atoms with Gasteiger partial charge in [-0.25, -0.2) is 0 Å². The third kappa shape index (κ3) is 2.66. The first-order valence-corrected chi connectivity index (χ1v) is 5.76. The number of benzene rings is 1. The second kappa shape index (κ2) is 4.38. The molecular weight excluding hydrogens is 318 g/mol. The number of H-pyrrole nitrogens is 1. The highest BCUT2D eigenvalue weighted by atomic mass is 79.9. The average Bonchev–Trinajstić information content (AvgIpc) is 2.61. The molecule has 0 saturated carbocycles. The van der Waals surface area contributed by atoms with E-state index < -0.39 is 11.9 Å². The number of nitrogens with one attached hydrogen (secondary N) is 1. The Morgan fingerprint density at radius 2 is 1.71 bits per heavy atom. The fourth-order valence-electron chi connectivity index (χ4n) is 1.42. The standard InChI is InChI=1S/C11H6BrClF3N/c12-8-5-9(17-10(8)11(14,15)16)6-1-3-7(13)4-2-6/h1-5,17H. The predicted molar refractivity (Wildman–Crippen MR) is 63.9 cm³/mol. The van der Waals surface area contributed by atoms with E-state index in [2.05, 4.69) is 20.9 Å². The van der Waals surface area contributed by atoms with Crippen molar-refractivity contribution in [2.75, 3.05) is 0 Å². The Labute approximate surface area is 109 Å². The Balaban J connectivity index is 2.45. The van der Waals surface area contributed by atoms with E-state index >= 15 is 0 Å². The van der Waals surface area contributed by atoms with Crippen LogP contribution in [0.2, 0.25) is 5.02 Å². The normalized spacial score (nSPS) is 11.8. The third-order valence-electron chi connectivity index (χ3n) is 2.21. The number of alkyl halides is 3. The lowest BCUT2D eigenvalue weighted by atomic mass is 10.2. The molecule has 2 rings (SSSR count). The number of halogens is 5. The van der Waals surface area contributed by atoms with Gasteiger partial charge in [-0.1, -0.05) is 23.7 Å². The van der Waals surface area contributed by atoms with Crippen LogP contribution >= 0.6 is 27.5 Å². The first-order valence-electron chi connectivity index (χ1n) is 4.59. The Hall–Kier alpha value is -0.940. The van der Waals surface area contributed by atoms with Gasteiger partial charge in [-0.2, -0.15) is 13.2 Å². The summed E-state index contributed by atoms with van der Waals surface area (Å²) in [7, 11) is 0. The van der Waals surface area contributed by atoms with Gasteiger partial charge < -0.3 is 4.98 Å². The summed E-state index contributed by atoms with van der Waals surface area (Å²) >= 11 is 8.60. The predicted octanol–water partition coefficient (Wildman–Crippen LogP) is 5.12. The van der Waals surface area contributed by atoms with Crippen molar-refractivity contribution in [3.8, 4) is 11.3 Å². The molecule has 90 valence electrons. The van der Waals surface area contributed by atoms with Crippen molar-refractivity contribution < 1.29 is 13.2 Å². The molecule has 1 heterocycles. The van der Waals surface area contributed by atoms with Crippen molar-refractivity contribution in [1.29, 1.82) is 0 Å². The molecule has 0 aliphatic rings. The Morgan fingerprint density at radius 1 is 1.12 bits per heavy atom. The van der Waals surface area contributed by atoms with Gasteiger partial charge in [0.15, 0.2) is 0 Å². The van der Waals surface area contributed by atoms with Gasteiger partial charge in [0.2, 0.25) is 0 Å². The molecule has 0 unspecified atom stereocenters. The largest absolute Gasteiger partial charge is 0.432 e. The molecule has 2 aromatic rings. The minimum Gasteiger partial charge on any atom is -0.350 e. The van der Waals surface area contributed by atoms with Crippen LogP contribution in [0.4, 0.5) is 13.2 Å². The Morgan fingerprint density at radius 3 is 2.18 bits per heavy atom. The molecular formula is C11H6BrClF3N. The maximum atomic E-state index is 12.6. The molecule has 0 bridgehead atoms. The van der Waals surface area contributed by atoms with E-state index in [-0.39, 0.29) is 4.47 Å². The number of aromatic amines is 1. The zero-order valence-electron chi connectivity index (χ0n) is 8.28. The molecule has 0 amide bonds. The lowest BCUT2D eigenvalue weighted by Gasteiger charge is -2.04. The van der Waals surface area contributed by atoms with Gasteiger partial charge in [0.1, 0.15) is 5.69 Å². The second-order valence-corrected chi connectivity index (χ2v) is 4.70. The van der Waals surface area contributed by atoms with Crippen molar-refractivity contribution in [3.63, 3.8) is 0 Å². The second-order valence-electron chi connectivity index (χ2n) is 3.41. The van der Waals surface area contributed by atoms with Crippen molar-refractivity contribution in [2.45, 2.75) is 6.18 Å². The lowest BCUT2D eigenvalue weighted by molar-refractivity contribution is -0.141. The fourth-order valence-corrected chi connectivity index (χ4v) is 2.10. The van der Waals surface area contributed by atoms with Crippen molar-refractivity contribution in [1.82, 2.24) is 4.98 Å². The molecule has 0 aliphatic carbocycles. The van der Waals surface area contributed by atoms with Crippen LogP contribution in [0, 0.1) is 0 Å². The van der Waals surface area contributed by atoms with E-state index in [1.807, 2.05) is 0 Å². The summed E-state index contributed by atoms with van der Waals surface area (Å²) in [6.45, 7) is 0. The number of rotatable bonds is 1. The molecule has 17 heavy (non-hydrogen) atoms. The van der Waals surface area contributed by atoms with Crippen LogP contribution in [0.1, 0.15) is 5.69 Å². The SMILES string of the molecule is FC(F)(F)c1[nH]c(-c2ccc(Cl)cc2)cc1Br. The fraction of sp³-hybridized carbons (Fsp3) is 0.0909. The van der Waals surface area contributed by atoms with E-state index in [0.717, 1.165) is 0 Å². The van der Waals surface area contributed by atoms with Crippen molar-refractivity contribution >= 4 is 27.5 Å². The molecule has 0 saturated heterocycles. The zero-order valence-corrected chi connectivity index (χ0v) is 10.6. The molecule has 0 atom stereocenters. The molecule has 1 nitrogen and oxygen atoms in total. The van der Waals surface area contributed by atoms with Gasteiger partial charge in [0, 0.05) is 15.2 Å². The summed E-state index contributed by atoms with van der Waals surface area (Å²) in [5.41, 5.74) is 0.244. The first kappa shape index (κ1) is 12.5. The van der Waals surface area contributed by atoms with E-state index in [1.54, 1.807) is 24.3 Å². The number of hydrogen-bond donors (Lipinski definition) is 1. The van der Waals surface area contributed by atoms with Crippen LogP contribution in [0.3, 0.4) is 0 Å². The Kier molecular flexibility index (Phi) is 3.23. The first-order chi connectivity index (χ1) is 7.88. The number of aromatic nitrogens is 1. The van der Waals surface area contributed by atoms with Crippen LogP contribution in [0.5, 0.6) is 0 Å². The van der Waals surface area contributed by atoms with Gasteiger partial charge in [0.05, 0.1) is 0 Å². The smallest absolute Gasteiger partial charge is 0.350 e. The van der Waals surface area contributed by atoms with E-state index in [9.17, 15) is 13.2 Å². The van der Waals surface area contributed by atoms with Crippen LogP contribution in [0.25, 0.3) is 11.3 Å². The van der Waals surface area contributed by atoms with Gasteiger partial charge >= 0.3 is 6.18 Å². The molecule has 1 N–H and O–H groups in total. The summed E-state index contributed by atoms with van der Waals surface area (Å²) in [6.07, 6.45) is -4.40. The van der Waals surface area contributed by atoms with Crippen LogP contribution in [-0.4, -0.2) is 4.98 Å². The van der Waals surface area contributed by atoms with Gasteiger partial charge in [-0.3, -0.25) is 0 Å². The molecule has 0 aliphatic heterocycles. The highest BCUT2D eigenvalue weighted by molar-refractivity contribution is 9.10. The monoisotopic (exact) mass is 323 g/mol. The maximum absolute atomic E-state index is 12.6. The molecule has 0 fully saturated rings. The van der Waals surface area contributed by atoms with Gasteiger partial charge in [-0.15, -0.1) is 0 Å². The maximum Gasteiger partial charge on any atom is 0.432 e. The van der Waals surface area contributed by atoms with Crippen LogP contribution in [-0.2, 0) is 6.18 Å². The zero-order chi connectivity index (χ0) is 12.6. The molecule has 0 radical (unpaired) electrons. The highest BCUT2D eigenvalue weighted by Gasteiger charge is 2.35. The summed E-state index contributed by atoms with van der Waals surface area (Å²) in [6, 6.07) is 7.95. The number of hydrogen-bond acceptors (Lipinski definition) is 0. The molecule has 1 aromatic carbocycles. The quantitative estimate of drug-likeness (QED) is 0.749. The lowest BCUT2D eigenvalue weighted by Crippen LogP contribution is -2.05. The minimum atomic E-state index is -4.40. The van der Waals surface area contributed by atoms with Crippen LogP contribution < -0.4 is 0 Å². The van der Waals surface area contributed by atoms with E-state index in [1.165, 1.54) is 6.07 Å². The van der Waals surface area contributed by atoms with Gasteiger partial charge in [-0.05, 0) is 39.7 Å². The molecule has 1 aromatic heterocycles. The third-order valence-corrected chi connectivity index (χ3v) is 3.09. The van der Waals surface area contributed by atoms with Crippen molar-refractivity contribution in [3.05, 3.63) is 45.5 Å². The minimum absolute atomic E-state index is 0.00468.